The van der Waals surface area contributed by atoms with Crippen LogP contribution in [0.1, 0.15) is 43.6 Å². The summed E-state index contributed by atoms with van der Waals surface area (Å²) in [5.41, 5.74) is 1.17. The lowest BCUT2D eigenvalue weighted by Crippen LogP contribution is -2.24. The molecule has 1 heterocycles. The number of carbonyl (C=O) groups is 1. The number of hydrogen-bond acceptors (Lipinski definition) is 3. The summed E-state index contributed by atoms with van der Waals surface area (Å²) in [5, 5.41) is 9.34. The van der Waals surface area contributed by atoms with Crippen LogP contribution in [-0.4, -0.2) is 27.6 Å². The Morgan fingerprint density at radius 1 is 1.50 bits per heavy atom. The van der Waals surface area contributed by atoms with Crippen molar-refractivity contribution in [2.75, 3.05) is 6.54 Å². The average molecular weight is 222 g/mol. The highest BCUT2D eigenvalue weighted by atomic mass is 16.2. The third kappa shape index (κ3) is 3.84. The molecule has 0 saturated carbocycles. The van der Waals surface area contributed by atoms with Crippen LogP contribution in [0.15, 0.2) is 11.6 Å². The molecule has 0 fully saturated rings. The summed E-state index contributed by atoms with van der Waals surface area (Å²) >= 11 is 0. The van der Waals surface area contributed by atoms with E-state index in [1.807, 2.05) is 19.9 Å². The first-order chi connectivity index (χ1) is 7.63. The van der Waals surface area contributed by atoms with Gasteiger partial charge in [0.1, 0.15) is 5.82 Å². The smallest absolute Gasteiger partial charge is 0.291 e. The second kappa shape index (κ2) is 6.05. The molecule has 0 bridgehead atoms. The van der Waals surface area contributed by atoms with Gasteiger partial charge in [-0.05, 0) is 20.3 Å². The maximum Gasteiger partial charge on any atom is 0.291 e. The molecule has 0 unspecified atom stereocenters. The molecule has 0 spiro atoms. The molecule has 0 aliphatic carbocycles. The van der Waals surface area contributed by atoms with E-state index < -0.39 is 0 Å². The molecule has 16 heavy (non-hydrogen) atoms. The van der Waals surface area contributed by atoms with E-state index in [-0.39, 0.29) is 11.7 Å². The van der Waals surface area contributed by atoms with Crippen LogP contribution in [-0.2, 0) is 6.42 Å². The summed E-state index contributed by atoms with van der Waals surface area (Å²) in [4.78, 5) is 15.7. The van der Waals surface area contributed by atoms with Crippen LogP contribution >= 0.6 is 0 Å². The van der Waals surface area contributed by atoms with E-state index in [2.05, 4.69) is 27.4 Å². The molecule has 1 aromatic heterocycles. The minimum Gasteiger partial charge on any atom is -0.346 e. The molecule has 0 aliphatic rings. The Bertz CT molecular complexity index is 377. The van der Waals surface area contributed by atoms with Gasteiger partial charge in [0.2, 0.25) is 5.82 Å². The maximum absolute atomic E-state index is 11.6. The molecule has 5 heteroatoms. The fourth-order valence-corrected chi connectivity index (χ4v) is 1.17. The van der Waals surface area contributed by atoms with E-state index in [0.29, 0.717) is 6.54 Å². The lowest BCUT2D eigenvalue weighted by molar-refractivity contribution is 0.0948. The number of rotatable bonds is 5. The maximum atomic E-state index is 11.6. The quantitative estimate of drug-likeness (QED) is 0.741. The molecular formula is C11H18N4O. The fourth-order valence-electron chi connectivity index (χ4n) is 1.17. The largest absolute Gasteiger partial charge is 0.346 e. The summed E-state index contributed by atoms with van der Waals surface area (Å²) in [6, 6.07) is 0. The van der Waals surface area contributed by atoms with Crippen molar-refractivity contribution in [1.82, 2.24) is 20.5 Å². The topological polar surface area (TPSA) is 70.7 Å². The molecule has 0 aromatic carbocycles. The normalized spacial score (nSPS) is 9.94. The molecule has 88 valence electrons. The molecule has 1 amide bonds. The number of hydrogen-bond donors (Lipinski definition) is 2. The van der Waals surface area contributed by atoms with Crippen molar-refractivity contribution >= 4 is 5.91 Å². The van der Waals surface area contributed by atoms with Crippen LogP contribution in [0.3, 0.4) is 0 Å². The Morgan fingerprint density at radius 3 is 2.88 bits per heavy atom. The second-order valence-corrected chi connectivity index (χ2v) is 3.85. The number of nitrogens with zero attached hydrogens (tertiary/aromatic N) is 2. The second-order valence-electron chi connectivity index (χ2n) is 3.85. The number of H-pyrrole nitrogens is 1. The zero-order chi connectivity index (χ0) is 12.0. The van der Waals surface area contributed by atoms with Crippen molar-refractivity contribution in [3.8, 4) is 0 Å². The van der Waals surface area contributed by atoms with Crippen LogP contribution < -0.4 is 5.32 Å². The van der Waals surface area contributed by atoms with E-state index in [1.54, 1.807) is 0 Å². The first-order valence-corrected chi connectivity index (χ1v) is 5.46. The van der Waals surface area contributed by atoms with Gasteiger partial charge in [-0.1, -0.05) is 18.6 Å². The van der Waals surface area contributed by atoms with Crippen molar-refractivity contribution in [3.63, 3.8) is 0 Å². The van der Waals surface area contributed by atoms with Gasteiger partial charge in [-0.25, -0.2) is 4.98 Å². The first-order valence-electron chi connectivity index (χ1n) is 5.46. The van der Waals surface area contributed by atoms with E-state index in [0.717, 1.165) is 18.7 Å². The van der Waals surface area contributed by atoms with Crippen LogP contribution in [0.25, 0.3) is 0 Å². The third-order valence-electron chi connectivity index (χ3n) is 1.99. The molecule has 1 aromatic rings. The number of amides is 1. The first kappa shape index (κ1) is 12.4. The van der Waals surface area contributed by atoms with Gasteiger partial charge in [0.25, 0.3) is 5.91 Å². The Kier molecular flexibility index (Phi) is 4.69. The zero-order valence-electron chi connectivity index (χ0n) is 10.0. The number of nitrogens with one attached hydrogen (secondary N) is 2. The predicted octanol–water partition coefficient (Wildman–Crippen LogP) is 1.45. The number of allylic oxidation sites excluding steroid dienone is 1. The molecule has 0 aliphatic heterocycles. The fraction of sp³-hybridized carbons (Fsp3) is 0.545. The molecule has 5 nitrogen and oxygen atoms in total. The minimum atomic E-state index is -0.240. The van der Waals surface area contributed by atoms with Crippen molar-refractivity contribution in [2.45, 2.75) is 33.6 Å². The van der Waals surface area contributed by atoms with Crippen LogP contribution in [0.4, 0.5) is 0 Å². The minimum absolute atomic E-state index is 0.214. The van der Waals surface area contributed by atoms with Gasteiger partial charge in [-0.15, -0.1) is 5.10 Å². The summed E-state index contributed by atoms with van der Waals surface area (Å²) in [5.74, 6) is 0.733. The molecule has 0 radical (unpaired) electrons. The number of carbonyl (C=O) groups excluding carboxylic acids is 1. The highest BCUT2D eigenvalue weighted by Gasteiger charge is 2.10. The summed E-state index contributed by atoms with van der Waals surface area (Å²) < 4.78 is 0. The highest BCUT2D eigenvalue weighted by molar-refractivity contribution is 5.90. The molecular weight excluding hydrogens is 204 g/mol. The SMILES string of the molecule is CCCc1nc(C(=O)NCC=C(C)C)n[nH]1. The van der Waals surface area contributed by atoms with Gasteiger partial charge in [0.15, 0.2) is 0 Å². The van der Waals surface area contributed by atoms with E-state index in [1.165, 1.54) is 5.57 Å². The zero-order valence-corrected chi connectivity index (χ0v) is 10.0. The number of aromatic amines is 1. The lowest BCUT2D eigenvalue weighted by Gasteiger charge is -1.97. The van der Waals surface area contributed by atoms with Crippen LogP contribution in [0.2, 0.25) is 0 Å². The Labute approximate surface area is 95.4 Å². The van der Waals surface area contributed by atoms with Gasteiger partial charge in [0.05, 0.1) is 0 Å². The average Bonchev–Trinajstić information content (AvgIpc) is 2.66. The molecule has 1 rings (SSSR count). The summed E-state index contributed by atoms with van der Waals surface area (Å²) in [7, 11) is 0. The van der Waals surface area contributed by atoms with Crippen molar-refractivity contribution < 1.29 is 4.79 Å². The standard InChI is InChI=1S/C11H18N4O/c1-4-5-9-13-10(15-14-9)11(16)12-7-6-8(2)3/h6H,4-5,7H2,1-3H3,(H,12,16)(H,13,14,15). The molecule has 0 saturated heterocycles. The molecule has 2 N–H and O–H groups in total. The van der Waals surface area contributed by atoms with Gasteiger partial charge < -0.3 is 5.32 Å². The highest BCUT2D eigenvalue weighted by Crippen LogP contribution is 1.96. The van der Waals surface area contributed by atoms with Crippen LogP contribution in [0, 0.1) is 0 Å². The van der Waals surface area contributed by atoms with E-state index in [4.69, 9.17) is 0 Å². The number of aryl methyl sites for hydroxylation is 1. The van der Waals surface area contributed by atoms with Crippen LogP contribution in [0.5, 0.6) is 0 Å². The van der Waals surface area contributed by atoms with Crippen molar-refractivity contribution in [2.24, 2.45) is 0 Å². The summed E-state index contributed by atoms with van der Waals surface area (Å²) in [6.07, 6.45) is 3.74. The summed E-state index contributed by atoms with van der Waals surface area (Å²) in [6.45, 7) is 6.53. The van der Waals surface area contributed by atoms with Gasteiger partial charge in [-0.2, -0.15) is 0 Å². The van der Waals surface area contributed by atoms with Crippen molar-refractivity contribution in [1.29, 1.82) is 0 Å². The van der Waals surface area contributed by atoms with Crippen molar-refractivity contribution in [3.05, 3.63) is 23.3 Å². The van der Waals surface area contributed by atoms with Gasteiger partial charge in [0, 0.05) is 13.0 Å². The Balaban J connectivity index is 2.49. The van der Waals surface area contributed by atoms with Gasteiger partial charge >= 0.3 is 0 Å². The Hall–Kier alpha value is -1.65. The van der Waals surface area contributed by atoms with E-state index >= 15 is 0 Å². The van der Waals surface area contributed by atoms with Gasteiger partial charge in [-0.3, -0.25) is 9.89 Å². The molecule has 0 atom stereocenters. The monoisotopic (exact) mass is 222 g/mol. The lowest BCUT2D eigenvalue weighted by atomic mass is 10.3. The number of aromatic nitrogens is 3. The third-order valence-corrected chi connectivity index (χ3v) is 1.99. The predicted molar refractivity (Wildman–Crippen MR) is 62.1 cm³/mol. The Morgan fingerprint density at radius 2 is 2.25 bits per heavy atom. The van der Waals surface area contributed by atoms with E-state index in [9.17, 15) is 4.79 Å².